The molecular weight excluding hydrogens is 312 g/mol. The molecule has 5 heteroatoms. The monoisotopic (exact) mass is 334 g/mol. The summed E-state index contributed by atoms with van der Waals surface area (Å²) in [6, 6.07) is 8.55. The summed E-state index contributed by atoms with van der Waals surface area (Å²) < 4.78 is 2.29. The zero-order valence-corrected chi connectivity index (χ0v) is 14.8. The van der Waals surface area contributed by atoms with Crippen LogP contribution in [0.3, 0.4) is 0 Å². The summed E-state index contributed by atoms with van der Waals surface area (Å²) in [6.07, 6.45) is 5.66. The second-order valence-electron chi connectivity index (χ2n) is 7.07. The molecule has 1 N–H and O–H groups in total. The fraction of sp³-hybridized carbons (Fsp3) is 0.350. The largest absolute Gasteiger partial charge is 0.338 e. The van der Waals surface area contributed by atoms with Crippen LogP contribution in [0.1, 0.15) is 38.4 Å². The molecule has 0 aliphatic heterocycles. The highest BCUT2D eigenvalue weighted by atomic mass is 16.2. The van der Waals surface area contributed by atoms with Gasteiger partial charge in [-0.25, -0.2) is 4.98 Å². The molecule has 1 fully saturated rings. The van der Waals surface area contributed by atoms with E-state index >= 15 is 0 Å². The summed E-state index contributed by atoms with van der Waals surface area (Å²) >= 11 is 0. The third-order valence-corrected chi connectivity index (χ3v) is 4.63. The molecule has 1 aliphatic rings. The quantitative estimate of drug-likeness (QED) is 0.772. The minimum atomic E-state index is 0.0829. The first-order valence-electron chi connectivity index (χ1n) is 8.78. The predicted molar refractivity (Wildman–Crippen MR) is 99.4 cm³/mol. The van der Waals surface area contributed by atoms with E-state index in [1.54, 1.807) is 0 Å². The van der Waals surface area contributed by atoms with Crippen molar-refractivity contribution in [2.75, 3.05) is 5.32 Å². The zero-order valence-electron chi connectivity index (χ0n) is 14.8. The summed E-state index contributed by atoms with van der Waals surface area (Å²) in [4.78, 5) is 20.7. The fourth-order valence-corrected chi connectivity index (χ4v) is 3.25. The number of pyridine rings is 2. The van der Waals surface area contributed by atoms with Crippen LogP contribution in [0.2, 0.25) is 0 Å². The van der Waals surface area contributed by atoms with Crippen LogP contribution in [0.15, 0.2) is 36.7 Å². The number of nitrogens with one attached hydrogen (secondary N) is 1. The molecule has 3 aromatic rings. The Bertz CT molecular complexity index is 953. The molecule has 0 saturated heterocycles. The van der Waals surface area contributed by atoms with Crippen molar-refractivity contribution in [2.45, 2.75) is 39.7 Å². The molecule has 1 amide bonds. The van der Waals surface area contributed by atoms with Gasteiger partial charge in [-0.1, -0.05) is 0 Å². The zero-order chi connectivity index (χ0) is 17.6. The van der Waals surface area contributed by atoms with Crippen LogP contribution < -0.4 is 5.32 Å². The molecule has 25 heavy (non-hydrogen) atoms. The molecule has 0 unspecified atom stereocenters. The number of carbonyl (C=O) groups excluding carboxylic acids is 1. The first-order valence-corrected chi connectivity index (χ1v) is 8.78. The first kappa shape index (κ1) is 15.8. The number of aromatic nitrogens is 3. The molecule has 0 spiro atoms. The van der Waals surface area contributed by atoms with Crippen LogP contribution in [0.5, 0.6) is 0 Å². The third kappa shape index (κ3) is 3.02. The highest BCUT2D eigenvalue weighted by Gasteiger charge is 2.29. The van der Waals surface area contributed by atoms with E-state index in [1.807, 2.05) is 31.5 Å². The van der Waals surface area contributed by atoms with Gasteiger partial charge in [0.25, 0.3) is 0 Å². The van der Waals surface area contributed by atoms with E-state index in [4.69, 9.17) is 0 Å². The van der Waals surface area contributed by atoms with Gasteiger partial charge in [-0.05, 0) is 51.8 Å². The molecule has 5 nitrogen and oxygen atoms in total. The van der Waals surface area contributed by atoms with Gasteiger partial charge in [0.05, 0.1) is 5.52 Å². The standard InChI is InChI=1S/C20H22N4O/c1-12(2)24-17(15-6-7-21-13(3)8-15)9-16-11-22-19(10-18(16)24)23-20(25)14-4-5-14/h6-12,14H,4-5H2,1-3H3,(H,22,23,25). The van der Waals surface area contributed by atoms with Crippen molar-refractivity contribution >= 4 is 22.6 Å². The number of rotatable bonds is 4. The molecule has 0 aromatic carbocycles. The molecule has 1 saturated carbocycles. The number of amides is 1. The van der Waals surface area contributed by atoms with E-state index in [0.717, 1.165) is 40.7 Å². The second kappa shape index (κ2) is 5.99. The summed E-state index contributed by atoms with van der Waals surface area (Å²) in [5, 5.41) is 4.02. The van der Waals surface area contributed by atoms with Gasteiger partial charge in [0.1, 0.15) is 5.82 Å². The van der Waals surface area contributed by atoms with Crippen molar-refractivity contribution in [1.82, 2.24) is 14.5 Å². The molecule has 4 rings (SSSR count). The third-order valence-electron chi connectivity index (χ3n) is 4.63. The fourth-order valence-electron chi connectivity index (χ4n) is 3.25. The Morgan fingerprint density at radius 1 is 1.24 bits per heavy atom. The maximum absolute atomic E-state index is 12.0. The molecule has 3 heterocycles. The lowest BCUT2D eigenvalue weighted by Crippen LogP contribution is -2.14. The predicted octanol–water partition coefficient (Wildman–Crippen LogP) is 4.34. The normalized spacial score (nSPS) is 14.2. The lowest BCUT2D eigenvalue weighted by atomic mass is 10.1. The molecule has 0 radical (unpaired) electrons. The molecular formula is C20H22N4O. The summed E-state index contributed by atoms with van der Waals surface area (Å²) in [5.41, 5.74) is 4.36. The van der Waals surface area contributed by atoms with Gasteiger partial charge >= 0.3 is 0 Å². The maximum Gasteiger partial charge on any atom is 0.228 e. The van der Waals surface area contributed by atoms with Crippen LogP contribution in [0.25, 0.3) is 22.2 Å². The SMILES string of the molecule is Cc1cc(-c2cc3cnc(NC(=O)C4CC4)cc3n2C(C)C)ccn1. The van der Waals surface area contributed by atoms with E-state index < -0.39 is 0 Å². The van der Waals surface area contributed by atoms with Gasteiger partial charge < -0.3 is 9.88 Å². The van der Waals surface area contributed by atoms with Crippen molar-refractivity contribution in [3.63, 3.8) is 0 Å². The highest BCUT2D eigenvalue weighted by molar-refractivity contribution is 5.95. The van der Waals surface area contributed by atoms with E-state index in [-0.39, 0.29) is 17.9 Å². The number of carbonyl (C=O) groups is 1. The Morgan fingerprint density at radius 2 is 2.04 bits per heavy atom. The topological polar surface area (TPSA) is 59.8 Å². The van der Waals surface area contributed by atoms with Crippen LogP contribution >= 0.6 is 0 Å². The average Bonchev–Trinajstić information content (AvgIpc) is 3.35. The maximum atomic E-state index is 12.0. The van der Waals surface area contributed by atoms with Gasteiger partial charge in [0.2, 0.25) is 5.91 Å². The van der Waals surface area contributed by atoms with E-state index in [2.05, 4.69) is 45.8 Å². The summed E-state index contributed by atoms with van der Waals surface area (Å²) in [5.74, 6) is 0.881. The Balaban J connectivity index is 1.81. The number of hydrogen-bond acceptors (Lipinski definition) is 3. The van der Waals surface area contributed by atoms with Gasteiger partial charge in [-0.3, -0.25) is 9.78 Å². The van der Waals surface area contributed by atoms with Crippen molar-refractivity contribution in [1.29, 1.82) is 0 Å². The van der Waals surface area contributed by atoms with E-state index in [0.29, 0.717) is 5.82 Å². The Morgan fingerprint density at radius 3 is 2.72 bits per heavy atom. The van der Waals surface area contributed by atoms with Crippen LogP contribution in [-0.4, -0.2) is 20.4 Å². The van der Waals surface area contributed by atoms with Gasteiger partial charge in [0.15, 0.2) is 0 Å². The van der Waals surface area contributed by atoms with Crippen molar-refractivity contribution in [2.24, 2.45) is 5.92 Å². The number of hydrogen-bond donors (Lipinski definition) is 1. The van der Waals surface area contributed by atoms with Crippen LogP contribution in [0, 0.1) is 12.8 Å². The van der Waals surface area contributed by atoms with Crippen LogP contribution in [0.4, 0.5) is 5.82 Å². The van der Waals surface area contributed by atoms with Crippen molar-refractivity contribution < 1.29 is 4.79 Å². The molecule has 128 valence electrons. The summed E-state index contributed by atoms with van der Waals surface area (Å²) in [7, 11) is 0. The van der Waals surface area contributed by atoms with Crippen molar-refractivity contribution in [3.05, 3.63) is 42.4 Å². The Kier molecular flexibility index (Phi) is 3.79. The minimum Gasteiger partial charge on any atom is -0.338 e. The Labute approximate surface area is 147 Å². The molecule has 1 aliphatic carbocycles. The summed E-state index contributed by atoms with van der Waals surface area (Å²) in [6.45, 7) is 6.33. The lowest BCUT2D eigenvalue weighted by Gasteiger charge is -2.15. The number of nitrogens with zero attached hydrogens (tertiary/aromatic N) is 3. The van der Waals surface area contributed by atoms with Crippen LogP contribution in [-0.2, 0) is 4.79 Å². The van der Waals surface area contributed by atoms with Gasteiger partial charge in [0, 0.05) is 52.8 Å². The van der Waals surface area contributed by atoms with E-state index in [1.165, 1.54) is 0 Å². The smallest absolute Gasteiger partial charge is 0.228 e. The molecule has 0 bridgehead atoms. The molecule has 0 atom stereocenters. The number of aryl methyl sites for hydroxylation is 1. The van der Waals surface area contributed by atoms with E-state index in [9.17, 15) is 4.79 Å². The van der Waals surface area contributed by atoms with Crippen molar-refractivity contribution in [3.8, 4) is 11.3 Å². The average molecular weight is 334 g/mol. The first-order chi connectivity index (χ1) is 12.0. The minimum absolute atomic E-state index is 0.0829. The second-order valence-corrected chi connectivity index (χ2v) is 7.07. The molecule has 3 aromatic heterocycles. The lowest BCUT2D eigenvalue weighted by molar-refractivity contribution is -0.117. The highest BCUT2D eigenvalue weighted by Crippen LogP contribution is 2.33. The number of fused-ring (bicyclic) bond motifs is 1. The Hall–Kier alpha value is -2.69. The number of anilines is 1. The van der Waals surface area contributed by atoms with Gasteiger partial charge in [-0.15, -0.1) is 0 Å². The van der Waals surface area contributed by atoms with Gasteiger partial charge in [-0.2, -0.15) is 0 Å².